The van der Waals surface area contributed by atoms with Gasteiger partial charge in [-0.15, -0.1) is 6.58 Å². The standard InChI is InChI=1S/C12H22O2.C2H4O2/c1-5-10(2)7-6-8-12(3,4)9-11(13)14;1-2(3)4/h5,10H,1,6-9H2,2-4H3,(H,13,14);1H3,(H,3,4). The number of hydrogen-bond donors (Lipinski definition) is 2. The van der Waals surface area contributed by atoms with Crippen LogP contribution in [0.5, 0.6) is 0 Å². The van der Waals surface area contributed by atoms with E-state index in [0.29, 0.717) is 5.92 Å². The van der Waals surface area contributed by atoms with Gasteiger partial charge in [-0.3, -0.25) is 9.59 Å². The van der Waals surface area contributed by atoms with Crippen LogP contribution in [0, 0.1) is 11.3 Å². The van der Waals surface area contributed by atoms with E-state index in [0.717, 1.165) is 26.2 Å². The summed E-state index contributed by atoms with van der Waals surface area (Å²) in [6.45, 7) is 11.0. The number of allylic oxidation sites excluding steroid dienone is 1. The van der Waals surface area contributed by atoms with Crippen molar-refractivity contribution in [2.75, 3.05) is 0 Å². The van der Waals surface area contributed by atoms with Gasteiger partial charge in [0, 0.05) is 6.92 Å². The Hall–Kier alpha value is -1.32. The minimum absolute atomic E-state index is 0.0767. The van der Waals surface area contributed by atoms with Crippen LogP contribution in [0.1, 0.15) is 53.4 Å². The predicted molar refractivity (Wildman–Crippen MR) is 72.6 cm³/mol. The zero-order valence-corrected chi connectivity index (χ0v) is 11.9. The maximum Gasteiger partial charge on any atom is 0.303 e. The molecule has 4 heteroatoms. The van der Waals surface area contributed by atoms with Crippen molar-refractivity contribution in [3.05, 3.63) is 12.7 Å². The van der Waals surface area contributed by atoms with E-state index in [2.05, 4.69) is 13.5 Å². The number of rotatable bonds is 7. The Morgan fingerprint density at radius 1 is 1.33 bits per heavy atom. The van der Waals surface area contributed by atoms with Gasteiger partial charge in [0.25, 0.3) is 5.97 Å². The largest absolute Gasteiger partial charge is 0.481 e. The van der Waals surface area contributed by atoms with Gasteiger partial charge in [-0.1, -0.05) is 33.3 Å². The van der Waals surface area contributed by atoms with Crippen molar-refractivity contribution in [2.45, 2.75) is 53.4 Å². The van der Waals surface area contributed by atoms with Crippen LogP contribution in [0.2, 0.25) is 0 Å². The summed E-state index contributed by atoms with van der Waals surface area (Å²) in [6.07, 6.45) is 5.36. The Balaban J connectivity index is 0. The summed E-state index contributed by atoms with van der Waals surface area (Å²) in [7, 11) is 0. The molecule has 0 aromatic rings. The second kappa shape index (κ2) is 9.68. The molecule has 18 heavy (non-hydrogen) atoms. The Morgan fingerprint density at radius 3 is 2.11 bits per heavy atom. The molecule has 1 unspecified atom stereocenters. The molecule has 0 rings (SSSR count). The van der Waals surface area contributed by atoms with Crippen molar-refractivity contribution in [1.82, 2.24) is 0 Å². The van der Waals surface area contributed by atoms with Crippen molar-refractivity contribution in [3.8, 4) is 0 Å². The molecule has 106 valence electrons. The maximum absolute atomic E-state index is 10.6. The molecule has 0 aliphatic rings. The molecular weight excluding hydrogens is 232 g/mol. The number of hydrogen-bond acceptors (Lipinski definition) is 2. The van der Waals surface area contributed by atoms with E-state index in [4.69, 9.17) is 15.0 Å². The van der Waals surface area contributed by atoms with Crippen LogP contribution in [-0.4, -0.2) is 22.2 Å². The van der Waals surface area contributed by atoms with Gasteiger partial charge in [-0.2, -0.15) is 0 Å². The summed E-state index contributed by atoms with van der Waals surface area (Å²) in [6, 6.07) is 0. The van der Waals surface area contributed by atoms with Gasteiger partial charge < -0.3 is 10.2 Å². The molecule has 0 saturated carbocycles. The smallest absolute Gasteiger partial charge is 0.303 e. The first-order valence-corrected chi connectivity index (χ1v) is 6.14. The van der Waals surface area contributed by atoms with Crippen LogP contribution in [0.3, 0.4) is 0 Å². The van der Waals surface area contributed by atoms with E-state index in [-0.39, 0.29) is 11.8 Å². The lowest BCUT2D eigenvalue weighted by Gasteiger charge is -2.22. The molecule has 0 fully saturated rings. The van der Waals surface area contributed by atoms with Gasteiger partial charge in [-0.05, 0) is 24.2 Å². The lowest BCUT2D eigenvalue weighted by Crippen LogP contribution is -2.16. The van der Waals surface area contributed by atoms with Crippen LogP contribution in [0.25, 0.3) is 0 Å². The topological polar surface area (TPSA) is 74.6 Å². The normalized spacial score (nSPS) is 12.0. The number of carboxylic acids is 2. The summed E-state index contributed by atoms with van der Waals surface area (Å²) in [4.78, 5) is 19.6. The van der Waals surface area contributed by atoms with E-state index < -0.39 is 11.9 Å². The molecule has 0 amide bonds. The third-order valence-corrected chi connectivity index (χ3v) is 2.55. The molecular formula is C14H26O4. The van der Waals surface area contributed by atoms with Crippen LogP contribution in [0.15, 0.2) is 12.7 Å². The molecule has 0 aromatic heterocycles. The summed E-state index contributed by atoms with van der Waals surface area (Å²) in [5.41, 5.74) is -0.0767. The fourth-order valence-corrected chi connectivity index (χ4v) is 1.52. The fourth-order valence-electron chi connectivity index (χ4n) is 1.52. The summed E-state index contributed by atoms with van der Waals surface area (Å²) in [5.74, 6) is -0.998. The summed E-state index contributed by atoms with van der Waals surface area (Å²) >= 11 is 0. The minimum Gasteiger partial charge on any atom is -0.481 e. The van der Waals surface area contributed by atoms with Gasteiger partial charge in [0.05, 0.1) is 6.42 Å². The van der Waals surface area contributed by atoms with Crippen LogP contribution < -0.4 is 0 Å². The third kappa shape index (κ3) is 17.1. The SMILES string of the molecule is C=CC(C)CCCC(C)(C)CC(=O)O.CC(=O)O. The Morgan fingerprint density at radius 2 is 1.78 bits per heavy atom. The molecule has 1 atom stereocenters. The van der Waals surface area contributed by atoms with Gasteiger partial charge >= 0.3 is 5.97 Å². The Kier molecular flexibility index (Phi) is 10.2. The van der Waals surface area contributed by atoms with E-state index >= 15 is 0 Å². The van der Waals surface area contributed by atoms with E-state index in [1.165, 1.54) is 0 Å². The van der Waals surface area contributed by atoms with Crippen LogP contribution in [0.4, 0.5) is 0 Å². The summed E-state index contributed by atoms with van der Waals surface area (Å²) < 4.78 is 0. The van der Waals surface area contributed by atoms with Crippen molar-refractivity contribution >= 4 is 11.9 Å². The molecule has 0 saturated heterocycles. The zero-order chi connectivity index (χ0) is 14.8. The maximum atomic E-state index is 10.6. The molecule has 0 aliphatic carbocycles. The molecule has 0 aromatic carbocycles. The van der Waals surface area contributed by atoms with E-state index in [1.54, 1.807) is 0 Å². The first-order chi connectivity index (χ1) is 8.10. The number of aliphatic carboxylic acids is 2. The fraction of sp³-hybridized carbons (Fsp3) is 0.714. The minimum atomic E-state index is -0.833. The number of carbonyl (C=O) groups is 2. The van der Waals surface area contributed by atoms with E-state index in [9.17, 15) is 4.79 Å². The monoisotopic (exact) mass is 258 g/mol. The highest BCUT2D eigenvalue weighted by Crippen LogP contribution is 2.28. The highest BCUT2D eigenvalue weighted by Gasteiger charge is 2.21. The molecule has 0 spiro atoms. The molecule has 2 N–H and O–H groups in total. The molecule has 0 heterocycles. The highest BCUT2D eigenvalue weighted by atomic mass is 16.4. The van der Waals surface area contributed by atoms with Crippen LogP contribution >= 0.6 is 0 Å². The quantitative estimate of drug-likeness (QED) is 0.684. The van der Waals surface area contributed by atoms with Gasteiger partial charge in [-0.25, -0.2) is 0 Å². The van der Waals surface area contributed by atoms with Crippen LogP contribution in [-0.2, 0) is 9.59 Å². The van der Waals surface area contributed by atoms with Gasteiger partial charge in [0.15, 0.2) is 0 Å². The van der Waals surface area contributed by atoms with Crippen molar-refractivity contribution < 1.29 is 19.8 Å². The summed E-state index contributed by atoms with van der Waals surface area (Å²) in [5, 5.41) is 16.1. The second-order valence-electron chi connectivity index (χ2n) is 5.36. The number of carboxylic acid groups (broad SMARTS) is 2. The lowest BCUT2D eigenvalue weighted by molar-refractivity contribution is -0.139. The average Bonchev–Trinajstić information content (AvgIpc) is 2.13. The molecule has 4 nitrogen and oxygen atoms in total. The first kappa shape index (κ1) is 19.0. The van der Waals surface area contributed by atoms with Gasteiger partial charge in [0.2, 0.25) is 0 Å². The zero-order valence-electron chi connectivity index (χ0n) is 11.9. The van der Waals surface area contributed by atoms with Gasteiger partial charge in [0.1, 0.15) is 0 Å². The van der Waals surface area contributed by atoms with Crippen molar-refractivity contribution in [1.29, 1.82) is 0 Å². The molecule has 0 aliphatic heterocycles. The lowest BCUT2D eigenvalue weighted by atomic mass is 9.83. The third-order valence-electron chi connectivity index (χ3n) is 2.55. The van der Waals surface area contributed by atoms with E-state index in [1.807, 2.05) is 19.9 Å². The predicted octanol–water partition coefficient (Wildman–Crippen LogP) is 3.57. The molecule has 0 bridgehead atoms. The Labute approximate surface area is 110 Å². The Bertz CT molecular complexity index is 265. The first-order valence-electron chi connectivity index (χ1n) is 6.14. The van der Waals surface area contributed by atoms with Crippen molar-refractivity contribution in [3.63, 3.8) is 0 Å². The van der Waals surface area contributed by atoms with Crippen molar-refractivity contribution in [2.24, 2.45) is 11.3 Å². The highest BCUT2D eigenvalue weighted by molar-refractivity contribution is 5.67. The second-order valence-corrected chi connectivity index (χ2v) is 5.36. The molecule has 0 radical (unpaired) electrons. The average molecular weight is 258 g/mol.